The van der Waals surface area contributed by atoms with E-state index in [1.165, 1.54) is 6.39 Å². The highest BCUT2D eigenvalue weighted by atomic mass is 16.5. The van der Waals surface area contributed by atoms with Crippen LogP contribution in [0.2, 0.25) is 0 Å². The van der Waals surface area contributed by atoms with E-state index in [0.717, 1.165) is 6.54 Å². The first-order chi connectivity index (χ1) is 7.13. The molecule has 0 bridgehead atoms. The summed E-state index contributed by atoms with van der Waals surface area (Å²) >= 11 is 0. The Morgan fingerprint density at radius 3 is 2.93 bits per heavy atom. The van der Waals surface area contributed by atoms with Gasteiger partial charge in [0.25, 0.3) is 0 Å². The van der Waals surface area contributed by atoms with Crippen molar-refractivity contribution in [2.24, 2.45) is 0 Å². The molecule has 1 atom stereocenters. The predicted molar refractivity (Wildman–Crippen MR) is 52.1 cm³/mol. The van der Waals surface area contributed by atoms with E-state index in [1.807, 2.05) is 18.7 Å². The zero-order valence-electron chi connectivity index (χ0n) is 8.88. The van der Waals surface area contributed by atoms with E-state index in [1.54, 1.807) is 0 Å². The van der Waals surface area contributed by atoms with Gasteiger partial charge in [0.2, 0.25) is 6.39 Å². The van der Waals surface area contributed by atoms with Gasteiger partial charge in [-0.2, -0.15) is 4.98 Å². The van der Waals surface area contributed by atoms with Crippen LogP contribution in [0.25, 0.3) is 0 Å². The Kier molecular flexibility index (Phi) is 4.23. The first-order valence-electron chi connectivity index (χ1n) is 4.84. The third kappa shape index (κ3) is 3.67. The molecule has 1 aromatic rings. The molecule has 6 heteroatoms. The van der Waals surface area contributed by atoms with E-state index in [9.17, 15) is 4.79 Å². The van der Waals surface area contributed by atoms with Gasteiger partial charge in [-0.15, -0.1) is 0 Å². The molecule has 0 amide bonds. The summed E-state index contributed by atoms with van der Waals surface area (Å²) in [5.74, 6) is -0.219. The molecule has 0 saturated carbocycles. The van der Waals surface area contributed by atoms with Crippen LogP contribution in [0.1, 0.15) is 26.1 Å². The molecule has 15 heavy (non-hydrogen) atoms. The standard InChI is InChI=1S/C9H15N3O3/c1-3-12(7(2)4-9(13)14)5-8-10-6-15-11-8/h6-7H,3-5H2,1-2H3,(H,13,14). The maximum absolute atomic E-state index is 10.6. The highest BCUT2D eigenvalue weighted by Gasteiger charge is 2.17. The van der Waals surface area contributed by atoms with Crippen LogP contribution in [0.3, 0.4) is 0 Å². The Morgan fingerprint density at radius 1 is 1.73 bits per heavy atom. The van der Waals surface area contributed by atoms with Crippen LogP contribution >= 0.6 is 0 Å². The Bertz CT molecular complexity index is 300. The number of hydrogen-bond acceptors (Lipinski definition) is 5. The lowest BCUT2D eigenvalue weighted by Crippen LogP contribution is -2.34. The number of carboxylic acid groups (broad SMARTS) is 1. The molecule has 0 aliphatic heterocycles. The summed E-state index contributed by atoms with van der Waals surface area (Å²) in [5, 5.41) is 12.4. The summed E-state index contributed by atoms with van der Waals surface area (Å²) in [6.07, 6.45) is 1.39. The molecule has 0 aliphatic carbocycles. The van der Waals surface area contributed by atoms with Crippen LogP contribution in [0.4, 0.5) is 0 Å². The highest BCUT2D eigenvalue weighted by Crippen LogP contribution is 2.07. The number of aromatic nitrogens is 2. The maximum atomic E-state index is 10.6. The van der Waals surface area contributed by atoms with Crippen molar-refractivity contribution in [1.29, 1.82) is 0 Å². The minimum atomic E-state index is -0.797. The van der Waals surface area contributed by atoms with Crippen LogP contribution in [0.5, 0.6) is 0 Å². The zero-order chi connectivity index (χ0) is 11.3. The molecule has 0 aliphatic rings. The Balaban J connectivity index is 2.51. The first-order valence-corrected chi connectivity index (χ1v) is 4.84. The number of hydrogen-bond donors (Lipinski definition) is 1. The molecule has 0 spiro atoms. The second-order valence-electron chi connectivity index (χ2n) is 3.36. The fourth-order valence-electron chi connectivity index (χ4n) is 1.40. The number of rotatable bonds is 6. The molecule has 0 fully saturated rings. The average molecular weight is 213 g/mol. The summed E-state index contributed by atoms with van der Waals surface area (Å²) in [6, 6.07) is -0.0361. The van der Waals surface area contributed by atoms with Crippen molar-refractivity contribution in [2.45, 2.75) is 32.9 Å². The smallest absolute Gasteiger partial charge is 0.304 e. The van der Waals surface area contributed by atoms with E-state index < -0.39 is 5.97 Å². The maximum Gasteiger partial charge on any atom is 0.304 e. The summed E-state index contributed by atoms with van der Waals surface area (Å²) in [6.45, 7) is 5.11. The van der Waals surface area contributed by atoms with Crippen LogP contribution in [0.15, 0.2) is 10.9 Å². The van der Waals surface area contributed by atoms with E-state index in [4.69, 9.17) is 5.11 Å². The van der Waals surface area contributed by atoms with E-state index in [-0.39, 0.29) is 12.5 Å². The molecule has 1 heterocycles. The third-order valence-electron chi connectivity index (χ3n) is 2.25. The van der Waals surface area contributed by atoms with Crippen molar-refractivity contribution in [3.8, 4) is 0 Å². The van der Waals surface area contributed by atoms with Gasteiger partial charge in [-0.3, -0.25) is 9.69 Å². The molecule has 84 valence electrons. The lowest BCUT2D eigenvalue weighted by atomic mass is 10.2. The van der Waals surface area contributed by atoms with Gasteiger partial charge in [0.05, 0.1) is 13.0 Å². The summed E-state index contributed by atoms with van der Waals surface area (Å²) < 4.78 is 4.62. The molecule has 1 rings (SSSR count). The second-order valence-corrected chi connectivity index (χ2v) is 3.36. The molecule has 0 aromatic carbocycles. The third-order valence-corrected chi connectivity index (χ3v) is 2.25. The summed E-state index contributed by atoms with van der Waals surface area (Å²) in [7, 11) is 0. The van der Waals surface area contributed by atoms with Crippen molar-refractivity contribution in [3.63, 3.8) is 0 Å². The van der Waals surface area contributed by atoms with Gasteiger partial charge in [0.1, 0.15) is 0 Å². The van der Waals surface area contributed by atoms with Gasteiger partial charge in [0, 0.05) is 6.04 Å². The van der Waals surface area contributed by atoms with Crippen molar-refractivity contribution < 1.29 is 14.4 Å². The van der Waals surface area contributed by atoms with Crippen LogP contribution in [0, 0.1) is 0 Å². The zero-order valence-corrected chi connectivity index (χ0v) is 8.88. The molecule has 1 unspecified atom stereocenters. The highest BCUT2D eigenvalue weighted by molar-refractivity contribution is 5.67. The molecule has 1 N–H and O–H groups in total. The lowest BCUT2D eigenvalue weighted by molar-refractivity contribution is -0.138. The monoisotopic (exact) mass is 213 g/mol. The predicted octanol–water partition coefficient (Wildman–Crippen LogP) is 0.755. The quantitative estimate of drug-likeness (QED) is 0.751. The average Bonchev–Trinajstić information content (AvgIpc) is 2.65. The number of carbonyl (C=O) groups is 1. The van der Waals surface area contributed by atoms with Gasteiger partial charge in [-0.1, -0.05) is 12.1 Å². The topological polar surface area (TPSA) is 79.5 Å². The Morgan fingerprint density at radius 2 is 2.47 bits per heavy atom. The van der Waals surface area contributed by atoms with E-state index in [0.29, 0.717) is 12.4 Å². The van der Waals surface area contributed by atoms with Gasteiger partial charge in [-0.25, -0.2) is 0 Å². The van der Waals surface area contributed by atoms with Gasteiger partial charge in [-0.05, 0) is 13.5 Å². The molecule has 6 nitrogen and oxygen atoms in total. The molecule has 1 aromatic heterocycles. The summed E-state index contributed by atoms with van der Waals surface area (Å²) in [4.78, 5) is 16.4. The van der Waals surface area contributed by atoms with Gasteiger partial charge >= 0.3 is 5.97 Å². The van der Waals surface area contributed by atoms with Crippen LogP contribution in [-0.2, 0) is 11.3 Å². The molecular weight excluding hydrogens is 198 g/mol. The molecule has 0 radical (unpaired) electrons. The first kappa shape index (κ1) is 11.6. The lowest BCUT2D eigenvalue weighted by Gasteiger charge is -2.24. The normalized spacial score (nSPS) is 13.0. The number of aliphatic carboxylic acids is 1. The Labute approximate surface area is 87.9 Å². The van der Waals surface area contributed by atoms with E-state index >= 15 is 0 Å². The fraction of sp³-hybridized carbons (Fsp3) is 0.667. The Hall–Kier alpha value is -1.43. The van der Waals surface area contributed by atoms with Crippen molar-refractivity contribution in [3.05, 3.63) is 12.2 Å². The van der Waals surface area contributed by atoms with Crippen molar-refractivity contribution >= 4 is 5.97 Å². The molecular formula is C9H15N3O3. The van der Waals surface area contributed by atoms with Gasteiger partial charge < -0.3 is 9.63 Å². The minimum absolute atomic E-state index is 0.0361. The largest absolute Gasteiger partial charge is 0.481 e. The minimum Gasteiger partial charge on any atom is -0.481 e. The summed E-state index contributed by atoms with van der Waals surface area (Å²) in [5.41, 5.74) is 0. The van der Waals surface area contributed by atoms with Crippen LogP contribution < -0.4 is 0 Å². The number of carboxylic acids is 1. The van der Waals surface area contributed by atoms with Gasteiger partial charge in [0.15, 0.2) is 5.82 Å². The second kappa shape index (κ2) is 5.45. The fourth-order valence-corrected chi connectivity index (χ4v) is 1.40. The SMILES string of the molecule is CCN(Cc1ncon1)C(C)CC(=O)O. The molecule has 0 saturated heterocycles. The number of nitrogens with zero attached hydrogens (tertiary/aromatic N) is 3. The van der Waals surface area contributed by atoms with Crippen LogP contribution in [-0.4, -0.2) is 38.7 Å². The van der Waals surface area contributed by atoms with Crippen molar-refractivity contribution in [2.75, 3.05) is 6.54 Å². The van der Waals surface area contributed by atoms with Crippen molar-refractivity contribution in [1.82, 2.24) is 15.0 Å². The van der Waals surface area contributed by atoms with E-state index in [2.05, 4.69) is 14.7 Å².